The van der Waals surface area contributed by atoms with Gasteiger partial charge >= 0.3 is 0 Å². The van der Waals surface area contributed by atoms with Crippen molar-refractivity contribution in [1.82, 2.24) is 19.4 Å². The van der Waals surface area contributed by atoms with Gasteiger partial charge in [0.2, 0.25) is 0 Å². The number of halogens is 1. The van der Waals surface area contributed by atoms with Crippen molar-refractivity contribution in [3.8, 4) is 0 Å². The van der Waals surface area contributed by atoms with E-state index in [0.717, 1.165) is 5.56 Å². The van der Waals surface area contributed by atoms with E-state index in [1.54, 1.807) is 40.8 Å². The molecule has 2 aromatic carbocycles. The van der Waals surface area contributed by atoms with E-state index in [-0.39, 0.29) is 11.5 Å². The summed E-state index contributed by atoms with van der Waals surface area (Å²) in [6, 6.07) is 17.9. The number of aryl methyl sites for hydroxylation is 1. The first-order valence-electron chi connectivity index (χ1n) is 11.2. The Morgan fingerprint density at radius 3 is 2.50 bits per heavy atom. The molecule has 1 fully saturated rings. The number of hydrogen-bond donors (Lipinski definition) is 0. The summed E-state index contributed by atoms with van der Waals surface area (Å²) in [6.07, 6.45) is 1.66. The van der Waals surface area contributed by atoms with Crippen LogP contribution in [0.3, 0.4) is 0 Å². The number of hydrogen-bond acceptors (Lipinski definition) is 5. The first kappa shape index (κ1) is 21.8. The van der Waals surface area contributed by atoms with Crippen molar-refractivity contribution in [2.45, 2.75) is 13.5 Å². The van der Waals surface area contributed by atoms with Crippen molar-refractivity contribution < 1.29 is 9.18 Å². The van der Waals surface area contributed by atoms with Gasteiger partial charge in [0.25, 0.3) is 11.5 Å². The number of rotatable bonds is 4. The largest absolute Gasteiger partial charge is 0.348 e. The third kappa shape index (κ3) is 4.14. The maximum Gasteiger partial charge on any atom is 0.295 e. The zero-order valence-electron chi connectivity index (χ0n) is 18.8. The number of anilines is 1. The van der Waals surface area contributed by atoms with Crippen molar-refractivity contribution in [2.75, 3.05) is 31.1 Å². The molecule has 1 amide bonds. The summed E-state index contributed by atoms with van der Waals surface area (Å²) in [5, 5.41) is 0. The number of carbonyl (C=O) groups is 1. The van der Waals surface area contributed by atoms with Gasteiger partial charge in [0.1, 0.15) is 11.3 Å². The quantitative estimate of drug-likeness (QED) is 0.471. The Morgan fingerprint density at radius 2 is 1.76 bits per heavy atom. The topological polar surface area (TPSA) is 71.3 Å². The number of pyridine rings is 1. The highest BCUT2D eigenvalue weighted by molar-refractivity contribution is 5.94. The van der Waals surface area contributed by atoms with Crippen LogP contribution in [0.15, 0.2) is 71.7 Å². The van der Waals surface area contributed by atoms with Crippen molar-refractivity contribution in [3.63, 3.8) is 0 Å². The zero-order chi connectivity index (χ0) is 23.7. The van der Waals surface area contributed by atoms with Crippen molar-refractivity contribution in [1.29, 1.82) is 0 Å². The standard InChI is InChI=1S/C26H24FN5O2/c1-18-9-10-20(16-21(18)27)25(33)31-14-12-30(13-15-31)24-26(34)32(17-19-6-3-2-4-7-19)23-22(29-24)8-5-11-28-23/h2-11,16H,12-15,17H2,1H3. The minimum atomic E-state index is -0.391. The fraction of sp³-hybridized carbons (Fsp3) is 0.231. The van der Waals surface area contributed by atoms with Crippen LogP contribution in [0.2, 0.25) is 0 Å². The lowest BCUT2D eigenvalue weighted by Crippen LogP contribution is -2.50. The minimum absolute atomic E-state index is 0.212. The molecule has 0 unspecified atom stereocenters. The van der Waals surface area contributed by atoms with Crippen molar-refractivity contribution >= 4 is 22.9 Å². The van der Waals surface area contributed by atoms with Gasteiger partial charge in [-0.15, -0.1) is 0 Å². The van der Waals surface area contributed by atoms with E-state index >= 15 is 0 Å². The molecule has 172 valence electrons. The number of carbonyl (C=O) groups excluding carboxylic acids is 1. The summed E-state index contributed by atoms with van der Waals surface area (Å²) in [5.41, 5.74) is 2.79. The average Bonchev–Trinajstić information content (AvgIpc) is 2.87. The van der Waals surface area contributed by atoms with E-state index in [1.165, 1.54) is 6.07 Å². The van der Waals surface area contributed by atoms with Gasteiger partial charge in [-0.1, -0.05) is 36.4 Å². The number of benzene rings is 2. The second-order valence-corrected chi connectivity index (χ2v) is 8.40. The van der Waals surface area contributed by atoms with Crippen LogP contribution in [-0.4, -0.2) is 51.5 Å². The minimum Gasteiger partial charge on any atom is -0.348 e. The second kappa shape index (κ2) is 9.05. The molecule has 1 aliphatic rings. The highest BCUT2D eigenvalue weighted by atomic mass is 19.1. The molecule has 0 atom stereocenters. The normalized spacial score (nSPS) is 13.9. The number of piperazine rings is 1. The Hall–Kier alpha value is -4.07. The molecule has 0 radical (unpaired) electrons. The molecule has 1 aliphatic heterocycles. The third-order valence-electron chi connectivity index (χ3n) is 6.15. The first-order chi connectivity index (χ1) is 16.5. The van der Waals surface area contributed by atoms with Crippen molar-refractivity contribution in [2.24, 2.45) is 0 Å². The summed E-state index contributed by atoms with van der Waals surface area (Å²) >= 11 is 0. The van der Waals surface area contributed by atoms with Crippen LogP contribution in [0.25, 0.3) is 11.2 Å². The number of amides is 1. The molecule has 2 aromatic heterocycles. The van der Waals surface area contributed by atoms with E-state index in [4.69, 9.17) is 0 Å². The predicted octanol–water partition coefficient (Wildman–Crippen LogP) is 3.25. The van der Waals surface area contributed by atoms with Crippen LogP contribution in [0.4, 0.5) is 10.2 Å². The van der Waals surface area contributed by atoms with Crippen LogP contribution in [0, 0.1) is 12.7 Å². The molecule has 34 heavy (non-hydrogen) atoms. The molecule has 0 spiro atoms. The third-order valence-corrected chi connectivity index (χ3v) is 6.15. The van der Waals surface area contributed by atoms with Crippen LogP contribution >= 0.6 is 0 Å². The fourth-order valence-corrected chi connectivity index (χ4v) is 4.21. The van der Waals surface area contributed by atoms with Crippen molar-refractivity contribution in [3.05, 3.63) is 99.7 Å². The first-order valence-corrected chi connectivity index (χ1v) is 11.2. The molecule has 8 heteroatoms. The second-order valence-electron chi connectivity index (χ2n) is 8.40. The Bertz CT molecular complexity index is 1410. The van der Waals surface area contributed by atoms with Gasteiger partial charge in [-0.3, -0.25) is 14.2 Å². The Labute approximate surface area is 196 Å². The number of aromatic nitrogens is 3. The zero-order valence-corrected chi connectivity index (χ0v) is 18.8. The summed E-state index contributed by atoms with van der Waals surface area (Å²) in [7, 11) is 0. The average molecular weight is 458 g/mol. The molecule has 0 bridgehead atoms. The highest BCUT2D eigenvalue weighted by Gasteiger charge is 2.26. The smallest absolute Gasteiger partial charge is 0.295 e. The van der Waals surface area contributed by atoms with Gasteiger partial charge < -0.3 is 9.80 Å². The molecule has 7 nitrogen and oxygen atoms in total. The Balaban J connectivity index is 1.41. The van der Waals surface area contributed by atoms with E-state index in [9.17, 15) is 14.0 Å². The van der Waals surface area contributed by atoms with E-state index in [1.807, 2.05) is 41.3 Å². The molecule has 0 saturated carbocycles. The molecule has 0 N–H and O–H groups in total. The van der Waals surface area contributed by atoms with Gasteiger partial charge in [-0.25, -0.2) is 14.4 Å². The lowest BCUT2D eigenvalue weighted by molar-refractivity contribution is 0.0746. The van der Waals surface area contributed by atoms with Crippen LogP contribution in [-0.2, 0) is 6.54 Å². The molecule has 3 heterocycles. The maximum atomic E-state index is 13.9. The highest BCUT2D eigenvalue weighted by Crippen LogP contribution is 2.18. The Kier molecular flexibility index (Phi) is 5.79. The van der Waals surface area contributed by atoms with E-state index < -0.39 is 5.82 Å². The van der Waals surface area contributed by atoms with E-state index in [2.05, 4.69) is 9.97 Å². The summed E-state index contributed by atoms with van der Waals surface area (Å²) in [5.74, 6) is -0.252. The molecule has 5 rings (SSSR count). The van der Waals surface area contributed by atoms with Crippen LogP contribution in [0.5, 0.6) is 0 Å². The van der Waals surface area contributed by atoms with Gasteiger partial charge in [0.15, 0.2) is 11.5 Å². The molecule has 0 aliphatic carbocycles. The van der Waals surface area contributed by atoms with Gasteiger partial charge in [-0.2, -0.15) is 0 Å². The van der Waals surface area contributed by atoms with Crippen LogP contribution < -0.4 is 10.5 Å². The summed E-state index contributed by atoms with van der Waals surface area (Å²) < 4.78 is 15.6. The summed E-state index contributed by atoms with van der Waals surface area (Å²) in [4.78, 5) is 39.0. The molecular weight excluding hydrogens is 433 g/mol. The monoisotopic (exact) mass is 457 g/mol. The van der Waals surface area contributed by atoms with Gasteiger partial charge in [-0.05, 0) is 42.3 Å². The predicted molar refractivity (Wildman–Crippen MR) is 129 cm³/mol. The fourth-order valence-electron chi connectivity index (χ4n) is 4.21. The SMILES string of the molecule is Cc1ccc(C(=O)N2CCN(c3nc4cccnc4n(Cc4ccccc4)c3=O)CC2)cc1F. The van der Waals surface area contributed by atoms with Gasteiger partial charge in [0.05, 0.1) is 6.54 Å². The molecule has 1 saturated heterocycles. The van der Waals surface area contributed by atoms with Gasteiger partial charge in [0, 0.05) is 37.9 Å². The number of fused-ring (bicyclic) bond motifs is 1. The number of nitrogens with zero attached hydrogens (tertiary/aromatic N) is 5. The summed E-state index contributed by atoms with van der Waals surface area (Å²) in [6.45, 7) is 3.80. The molecular formula is C26H24FN5O2. The van der Waals surface area contributed by atoms with E-state index in [0.29, 0.717) is 60.8 Å². The Morgan fingerprint density at radius 1 is 1.00 bits per heavy atom. The maximum absolute atomic E-state index is 13.9. The lowest BCUT2D eigenvalue weighted by atomic mass is 10.1. The molecule has 4 aromatic rings. The lowest BCUT2D eigenvalue weighted by Gasteiger charge is -2.35. The van der Waals surface area contributed by atoms with Crippen LogP contribution in [0.1, 0.15) is 21.5 Å².